The van der Waals surface area contributed by atoms with Crippen LogP contribution >= 0.6 is 0 Å². The lowest BCUT2D eigenvalue weighted by Gasteiger charge is -2.40. The first kappa shape index (κ1) is 17.9. The van der Waals surface area contributed by atoms with Crippen LogP contribution in [-0.4, -0.2) is 62.7 Å². The zero-order chi connectivity index (χ0) is 17.7. The molecule has 1 aliphatic carbocycles. The number of carbonyl (C=O) groups excluding carboxylic acids is 1. The molecule has 0 spiro atoms. The van der Waals surface area contributed by atoms with Crippen molar-refractivity contribution in [2.45, 2.75) is 57.0 Å². The Balaban J connectivity index is 1.55. The van der Waals surface area contributed by atoms with Crippen LogP contribution in [0, 0.1) is 17.2 Å². The van der Waals surface area contributed by atoms with E-state index in [1.807, 2.05) is 11.7 Å². The highest BCUT2D eigenvalue weighted by atomic mass is 16.2. The molecule has 2 aliphatic rings. The second-order valence-electron chi connectivity index (χ2n) is 7.52. The van der Waals surface area contributed by atoms with E-state index in [2.05, 4.69) is 21.1 Å². The van der Waals surface area contributed by atoms with E-state index in [0.717, 1.165) is 58.2 Å². The molecule has 1 amide bonds. The van der Waals surface area contributed by atoms with Crippen molar-refractivity contribution in [1.82, 2.24) is 24.6 Å². The van der Waals surface area contributed by atoms with Crippen LogP contribution < -0.4 is 0 Å². The normalized spacial score (nSPS) is 23.8. The van der Waals surface area contributed by atoms with E-state index < -0.39 is 5.54 Å². The number of nitriles is 1. The first-order valence-electron chi connectivity index (χ1n) is 9.36. The summed E-state index contributed by atoms with van der Waals surface area (Å²) in [6, 6.07) is 2.44. The van der Waals surface area contributed by atoms with Gasteiger partial charge in [0.2, 0.25) is 5.91 Å². The number of aromatic nitrogens is 3. The monoisotopic (exact) mass is 344 g/mol. The molecule has 2 fully saturated rings. The number of amides is 1. The van der Waals surface area contributed by atoms with E-state index in [4.69, 9.17) is 0 Å². The van der Waals surface area contributed by atoms with Gasteiger partial charge < -0.3 is 4.90 Å². The van der Waals surface area contributed by atoms with Gasteiger partial charge in [0.25, 0.3) is 0 Å². The molecule has 0 unspecified atom stereocenters. The summed E-state index contributed by atoms with van der Waals surface area (Å²) in [5.74, 6) is 0.568. The Hall–Kier alpha value is -1.94. The van der Waals surface area contributed by atoms with Crippen LogP contribution in [0.1, 0.15) is 44.9 Å². The van der Waals surface area contributed by atoms with Crippen molar-refractivity contribution in [3.63, 3.8) is 0 Å². The molecular formula is C18H28N6O. The Morgan fingerprint density at radius 3 is 2.84 bits per heavy atom. The Bertz CT molecular complexity index is 602. The highest BCUT2D eigenvalue weighted by molar-refractivity contribution is 5.79. The van der Waals surface area contributed by atoms with Crippen molar-refractivity contribution in [2.75, 3.05) is 26.7 Å². The Morgan fingerprint density at radius 2 is 2.16 bits per heavy atom. The lowest BCUT2D eigenvalue weighted by Crippen LogP contribution is -2.53. The van der Waals surface area contributed by atoms with Gasteiger partial charge in [-0.2, -0.15) is 10.4 Å². The minimum absolute atomic E-state index is 0.0739. The lowest BCUT2D eigenvalue weighted by molar-refractivity contribution is -0.136. The van der Waals surface area contributed by atoms with E-state index in [1.54, 1.807) is 17.6 Å². The number of piperidine rings is 1. The highest BCUT2D eigenvalue weighted by Gasteiger charge is 2.39. The van der Waals surface area contributed by atoms with E-state index in [-0.39, 0.29) is 5.91 Å². The van der Waals surface area contributed by atoms with E-state index in [0.29, 0.717) is 12.5 Å². The van der Waals surface area contributed by atoms with Crippen molar-refractivity contribution in [3.8, 4) is 6.07 Å². The minimum atomic E-state index is -0.592. The maximum atomic E-state index is 12.8. The third-order valence-electron chi connectivity index (χ3n) is 5.78. The fraction of sp³-hybridized carbons (Fsp3) is 0.778. The Labute approximate surface area is 149 Å². The molecule has 1 aromatic heterocycles. The molecule has 1 atom stereocenters. The van der Waals surface area contributed by atoms with E-state index in [1.165, 1.54) is 6.42 Å². The fourth-order valence-corrected chi connectivity index (χ4v) is 4.23. The van der Waals surface area contributed by atoms with E-state index >= 15 is 0 Å². The zero-order valence-corrected chi connectivity index (χ0v) is 15.1. The summed E-state index contributed by atoms with van der Waals surface area (Å²) < 4.78 is 1.87. The Kier molecular flexibility index (Phi) is 5.69. The number of nitrogens with zero attached hydrogens (tertiary/aromatic N) is 6. The Morgan fingerprint density at radius 1 is 1.36 bits per heavy atom. The van der Waals surface area contributed by atoms with Crippen molar-refractivity contribution in [1.29, 1.82) is 5.26 Å². The molecule has 0 N–H and O–H groups in total. The van der Waals surface area contributed by atoms with Gasteiger partial charge in [0.1, 0.15) is 18.2 Å². The average Bonchev–Trinajstić information content (AvgIpc) is 3.15. The standard InChI is InChI=1S/C18H28N6O/c1-22(18(13-19)7-3-2-4-8-18)17(25)12-23-9-5-6-16(10-23)11-24-15-20-14-21-24/h14-16H,2-12H2,1H3/t16-/m1/s1. The number of likely N-dealkylation sites (tertiary alicyclic amines) is 1. The molecule has 1 aromatic rings. The summed E-state index contributed by atoms with van der Waals surface area (Å²) in [6.07, 6.45) is 10.4. The van der Waals surface area contributed by atoms with Crippen LogP contribution in [0.25, 0.3) is 0 Å². The molecular weight excluding hydrogens is 316 g/mol. The molecule has 1 saturated heterocycles. The molecule has 7 nitrogen and oxygen atoms in total. The predicted molar refractivity (Wildman–Crippen MR) is 93.4 cm³/mol. The fourth-order valence-electron chi connectivity index (χ4n) is 4.23. The summed E-state index contributed by atoms with van der Waals surface area (Å²) in [7, 11) is 1.81. The maximum absolute atomic E-state index is 12.8. The molecule has 0 aromatic carbocycles. The molecule has 1 saturated carbocycles. The minimum Gasteiger partial charge on any atom is -0.326 e. The average molecular weight is 344 g/mol. The van der Waals surface area contributed by atoms with Gasteiger partial charge in [-0.25, -0.2) is 4.98 Å². The summed E-state index contributed by atoms with van der Waals surface area (Å²) in [5.41, 5.74) is -0.592. The van der Waals surface area contributed by atoms with Gasteiger partial charge in [0.05, 0.1) is 12.6 Å². The van der Waals surface area contributed by atoms with Crippen LogP contribution in [-0.2, 0) is 11.3 Å². The number of carbonyl (C=O) groups is 1. The summed E-state index contributed by atoms with van der Waals surface area (Å²) in [6.45, 7) is 3.11. The van der Waals surface area contributed by atoms with Gasteiger partial charge in [-0.15, -0.1) is 0 Å². The van der Waals surface area contributed by atoms with Crippen molar-refractivity contribution in [3.05, 3.63) is 12.7 Å². The van der Waals surface area contributed by atoms with Gasteiger partial charge >= 0.3 is 0 Å². The van der Waals surface area contributed by atoms with Gasteiger partial charge in [0, 0.05) is 20.1 Å². The molecule has 2 heterocycles. The van der Waals surface area contributed by atoms with Crippen molar-refractivity contribution >= 4 is 5.91 Å². The SMILES string of the molecule is CN(C(=O)CN1CCC[C@@H](Cn2cncn2)C1)C1(C#N)CCCCC1. The third-order valence-corrected chi connectivity index (χ3v) is 5.78. The van der Waals surface area contributed by atoms with Gasteiger partial charge in [-0.05, 0) is 38.1 Å². The summed E-state index contributed by atoms with van der Waals surface area (Å²) in [5, 5.41) is 13.9. The smallest absolute Gasteiger partial charge is 0.237 e. The van der Waals surface area contributed by atoms with Gasteiger partial charge in [-0.1, -0.05) is 19.3 Å². The van der Waals surface area contributed by atoms with E-state index in [9.17, 15) is 10.1 Å². The number of likely N-dealkylation sites (N-methyl/N-ethyl adjacent to an activating group) is 1. The molecule has 1 aliphatic heterocycles. The summed E-state index contributed by atoms with van der Waals surface area (Å²) in [4.78, 5) is 20.8. The highest BCUT2D eigenvalue weighted by Crippen LogP contribution is 2.32. The largest absolute Gasteiger partial charge is 0.326 e. The van der Waals surface area contributed by atoms with Crippen LogP contribution in [0.4, 0.5) is 0 Å². The summed E-state index contributed by atoms with van der Waals surface area (Å²) >= 11 is 0. The van der Waals surface area contributed by atoms with Crippen molar-refractivity contribution in [2.24, 2.45) is 5.92 Å². The topological polar surface area (TPSA) is 78.1 Å². The quantitative estimate of drug-likeness (QED) is 0.812. The second kappa shape index (κ2) is 7.96. The van der Waals surface area contributed by atoms with Crippen molar-refractivity contribution < 1.29 is 4.79 Å². The van der Waals surface area contributed by atoms with Crippen LogP contribution in [0.15, 0.2) is 12.7 Å². The lowest BCUT2D eigenvalue weighted by atomic mass is 9.81. The van der Waals surface area contributed by atoms with Crippen LogP contribution in [0.3, 0.4) is 0 Å². The number of rotatable bonds is 5. The van der Waals surface area contributed by atoms with Gasteiger partial charge in [-0.3, -0.25) is 14.4 Å². The molecule has 136 valence electrons. The first-order valence-corrected chi connectivity index (χ1v) is 9.36. The molecule has 0 bridgehead atoms. The number of hydrogen-bond acceptors (Lipinski definition) is 5. The maximum Gasteiger partial charge on any atom is 0.237 e. The molecule has 3 rings (SSSR count). The third kappa shape index (κ3) is 4.18. The second-order valence-corrected chi connectivity index (χ2v) is 7.52. The van der Waals surface area contributed by atoms with Gasteiger partial charge in [0.15, 0.2) is 0 Å². The zero-order valence-electron chi connectivity index (χ0n) is 15.1. The molecule has 0 radical (unpaired) electrons. The first-order chi connectivity index (χ1) is 12.1. The predicted octanol–water partition coefficient (Wildman–Crippen LogP) is 1.67. The molecule has 7 heteroatoms. The molecule has 25 heavy (non-hydrogen) atoms. The van der Waals surface area contributed by atoms with Crippen LogP contribution in [0.5, 0.6) is 0 Å². The number of hydrogen-bond donors (Lipinski definition) is 0. The van der Waals surface area contributed by atoms with Crippen LogP contribution in [0.2, 0.25) is 0 Å².